The van der Waals surface area contributed by atoms with Crippen molar-refractivity contribution in [3.05, 3.63) is 89.8 Å². The predicted octanol–water partition coefficient (Wildman–Crippen LogP) is 6.54. The van der Waals surface area contributed by atoms with Gasteiger partial charge in [-0.05, 0) is 75.2 Å². The molecule has 0 unspecified atom stereocenters. The summed E-state index contributed by atoms with van der Waals surface area (Å²) >= 11 is 10.5. The van der Waals surface area contributed by atoms with Crippen LogP contribution in [0.25, 0.3) is 10.9 Å². The van der Waals surface area contributed by atoms with Gasteiger partial charge in [0.2, 0.25) is 0 Å². The van der Waals surface area contributed by atoms with Gasteiger partial charge in [0.1, 0.15) is 5.82 Å². The molecule has 0 aliphatic rings. The Kier molecular flexibility index (Phi) is 9.35. The Morgan fingerprint density at radius 3 is 2.53 bits per heavy atom. The molecule has 38 heavy (non-hydrogen) atoms. The minimum atomic E-state index is -0.311. The van der Waals surface area contributed by atoms with Gasteiger partial charge < -0.3 is 14.8 Å². The first kappa shape index (κ1) is 28.0. The van der Waals surface area contributed by atoms with Crippen molar-refractivity contribution >= 4 is 76.5 Å². The number of ether oxygens (including phenoxy) is 2. The fraction of sp³-hybridized carbons (Fsp3) is 0.185. The van der Waals surface area contributed by atoms with E-state index in [1.165, 1.54) is 4.68 Å². The van der Waals surface area contributed by atoms with Crippen molar-refractivity contribution < 1.29 is 14.3 Å². The Morgan fingerprint density at radius 1 is 1.05 bits per heavy atom. The first-order chi connectivity index (χ1) is 18.3. The number of rotatable bonds is 9. The highest BCUT2D eigenvalue weighted by molar-refractivity contribution is 9.13. The number of benzene rings is 3. The van der Waals surface area contributed by atoms with E-state index in [0.29, 0.717) is 61.5 Å². The van der Waals surface area contributed by atoms with Crippen LogP contribution in [0.5, 0.6) is 11.5 Å². The van der Waals surface area contributed by atoms with Crippen LogP contribution in [0, 0.1) is 0 Å². The normalized spacial score (nSPS) is 11.2. The minimum absolute atomic E-state index is 0.221. The first-order valence-corrected chi connectivity index (χ1v) is 14.1. The van der Waals surface area contributed by atoms with Crippen molar-refractivity contribution in [1.82, 2.24) is 9.66 Å². The topological polar surface area (TPSA) is 94.8 Å². The quantitative estimate of drug-likeness (QED) is 0.200. The molecule has 0 saturated heterocycles. The van der Waals surface area contributed by atoms with E-state index in [-0.39, 0.29) is 18.1 Å². The van der Waals surface area contributed by atoms with E-state index in [1.807, 2.05) is 38.1 Å². The summed E-state index contributed by atoms with van der Waals surface area (Å²) in [5, 5.41) is 7.72. The van der Waals surface area contributed by atoms with Crippen LogP contribution in [-0.2, 0) is 11.2 Å². The summed E-state index contributed by atoms with van der Waals surface area (Å²) in [5.41, 5.74) is 1.65. The summed E-state index contributed by atoms with van der Waals surface area (Å²) in [7, 11) is 0. The summed E-state index contributed by atoms with van der Waals surface area (Å²) in [4.78, 5) is 30.2. The zero-order chi connectivity index (χ0) is 27.2. The van der Waals surface area contributed by atoms with Gasteiger partial charge in [-0.1, -0.05) is 41.1 Å². The Balaban J connectivity index is 1.65. The zero-order valence-corrected chi connectivity index (χ0v) is 25.3. The number of carbonyl (C=O) groups excluding carboxylic acids is 1. The molecule has 1 amide bonds. The Labute approximate surface area is 244 Å². The van der Waals surface area contributed by atoms with Crippen molar-refractivity contribution in [2.75, 3.05) is 18.5 Å². The number of halogens is 3. The SMILES string of the molecule is CCOc1cc(C=Nn2c(CC)nc3ccc(Br)cc3c2=O)c(Br)c(Br)c1OCC(=O)Nc1ccccc1. The lowest BCUT2D eigenvalue weighted by Crippen LogP contribution is -2.22. The highest BCUT2D eigenvalue weighted by atomic mass is 79.9. The fourth-order valence-electron chi connectivity index (χ4n) is 3.61. The van der Waals surface area contributed by atoms with Gasteiger partial charge >= 0.3 is 0 Å². The molecule has 0 atom stereocenters. The Bertz CT molecular complexity index is 1570. The van der Waals surface area contributed by atoms with E-state index < -0.39 is 0 Å². The fourth-order valence-corrected chi connectivity index (χ4v) is 4.91. The minimum Gasteiger partial charge on any atom is -0.490 e. The highest BCUT2D eigenvalue weighted by Gasteiger charge is 2.19. The van der Waals surface area contributed by atoms with Crippen molar-refractivity contribution in [3.63, 3.8) is 0 Å². The van der Waals surface area contributed by atoms with Crippen molar-refractivity contribution in [2.45, 2.75) is 20.3 Å². The maximum atomic E-state index is 13.2. The molecule has 0 spiro atoms. The van der Waals surface area contributed by atoms with Crippen LogP contribution in [0.2, 0.25) is 0 Å². The molecule has 0 aliphatic carbocycles. The number of anilines is 1. The molecule has 0 fully saturated rings. The molecular weight excluding hydrogens is 684 g/mol. The van der Waals surface area contributed by atoms with E-state index in [4.69, 9.17) is 9.47 Å². The maximum absolute atomic E-state index is 13.2. The van der Waals surface area contributed by atoms with Gasteiger partial charge in [0.25, 0.3) is 11.5 Å². The second-order valence-corrected chi connectivity index (χ2v) is 10.5. The van der Waals surface area contributed by atoms with Gasteiger partial charge in [0.05, 0.1) is 28.2 Å². The molecule has 196 valence electrons. The van der Waals surface area contributed by atoms with E-state index in [2.05, 4.69) is 63.2 Å². The Morgan fingerprint density at radius 2 is 1.82 bits per heavy atom. The molecule has 1 aromatic heterocycles. The van der Waals surface area contributed by atoms with Gasteiger partial charge in [0.15, 0.2) is 18.1 Å². The number of nitrogens with zero attached hydrogens (tertiary/aromatic N) is 3. The van der Waals surface area contributed by atoms with Crippen LogP contribution < -0.4 is 20.3 Å². The number of para-hydroxylation sites is 1. The molecule has 1 N–H and O–H groups in total. The number of fused-ring (bicyclic) bond motifs is 1. The molecule has 0 radical (unpaired) electrons. The molecule has 4 aromatic rings. The number of hydrogen-bond acceptors (Lipinski definition) is 6. The summed E-state index contributed by atoms with van der Waals surface area (Å²) in [5.74, 6) is 1.00. The van der Waals surface area contributed by atoms with E-state index in [1.54, 1.807) is 36.5 Å². The highest BCUT2D eigenvalue weighted by Crippen LogP contribution is 2.42. The lowest BCUT2D eigenvalue weighted by molar-refractivity contribution is -0.118. The number of amides is 1. The maximum Gasteiger partial charge on any atom is 0.282 e. The van der Waals surface area contributed by atoms with Gasteiger partial charge in [-0.2, -0.15) is 9.78 Å². The molecule has 0 aliphatic heterocycles. The van der Waals surface area contributed by atoms with Crippen LogP contribution in [-0.4, -0.2) is 35.0 Å². The van der Waals surface area contributed by atoms with Crippen LogP contribution in [0.3, 0.4) is 0 Å². The van der Waals surface area contributed by atoms with Gasteiger partial charge in [-0.3, -0.25) is 9.59 Å². The van der Waals surface area contributed by atoms with E-state index >= 15 is 0 Å². The largest absolute Gasteiger partial charge is 0.490 e. The number of aromatic nitrogens is 2. The van der Waals surface area contributed by atoms with E-state index in [9.17, 15) is 9.59 Å². The number of nitrogens with one attached hydrogen (secondary N) is 1. The second kappa shape index (κ2) is 12.7. The summed E-state index contributed by atoms with van der Waals surface area (Å²) in [6, 6.07) is 16.2. The van der Waals surface area contributed by atoms with Gasteiger partial charge in [0, 0.05) is 26.6 Å². The van der Waals surface area contributed by atoms with Crippen LogP contribution >= 0.6 is 47.8 Å². The molecule has 0 bridgehead atoms. The monoisotopic (exact) mass is 704 g/mol. The molecular formula is C27H23Br3N4O4. The molecule has 8 nitrogen and oxygen atoms in total. The van der Waals surface area contributed by atoms with Crippen LogP contribution in [0.4, 0.5) is 5.69 Å². The van der Waals surface area contributed by atoms with Gasteiger partial charge in [-0.25, -0.2) is 4.98 Å². The second-order valence-electron chi connectivity index (χ2n) is 7.96. The van der Waals surface area contributed by atoms with Gasteiger partial charge in [-0.15, -0.1) is 0 Å². The standard InChI is InChI=1S/C27H23Br3N4O4/c1-3-22-33-20-11-10-17(28)13-19(20)27(36)34(22)31-14-16-12-21(37-4-2)26(25(30)24(16)29)38-15-23(35)32-18-8-6-5-7-9-18/h5-14H,3-4,15H2,1-2H3,(H,32,35). The first-order valence-electron chi connectivity index (χ1n) is 11.7. The smallest absolute Gasteiger partial charge is 0.282 e. The Hall–Kier alpha value is -3.02. The molecule has 1 heterocycles. The number of aryl methyl sites for hydroxylation is 1. The zero-order valence-electron chi connectivity index (χ0n) is 20.5. The van der Waals surface area contributed by atoms with Crippen LogP contribution in [0.15, 0.2) is 77.9 Å². The van der Waals surface area contributed by atoms with Crippen molar-refractivity contribution in [2.24, 2.45) is 5.10 Å². The van der Waals surface area contributed by atoms with Crippen LogP contribution in [0.1, 0.15) is 25.2 Å². The van der Waals surface area contributed by atoms with Crippen molar-refractivity contribution in [3.8, 4) is 11.5 Å². The lowest BCUT2D eigenvalue weighted by atomic mass is 10.2. The van der Waals surface area contributed by atoms with E-state index in [0.717, 1.165) is 4.47 Å². The summed E-state index contributed by atoms with van der Waals surface area (Å²) in [6.07, 6.45) is 2.07. The molecule has 0 saturated carbocycles. The number of carbonyl (C=O) groups is 1. The third kappa shape index (κ3) is 6.33. The number of hydrogen-bond donors (Lipinski definition) is 1. The average molecular weight is 707 g/mol. The average Bonchev–Trinajstić information content (AvgIpc) is 2.91. The lowest BCUT2D eigenvalue weighted by Gasteiger charge is -2.16. The molecule has 3 aromatic carbocycles. The molecule has 11 heteroatoms. The summed E-state index contributed by atoms with van der Waals surface area (Å²) < 4.78 is 14.9. The summed E-state index contributed by atoms with van der Waals surface area (Å²) in [6.45, 7) is 3.92. The third-order valence-corrected chi connectivity index (χ3v) is 8.00. The van der Waals surface area contributed by atoms with Crippen molar-refractivity contribution in [1.29, 1.82) is 0 Å². The molecule has 4 rings (SSSR count). The third-order valence-electron chi connectivity index (χ3n) is 5.36. The predicted molar refractivity (Wildman–Crippen MR) is 160 cm³/mol.